The van der Waals surface area contributed by atoms with Gasteiger partial charge in [0, 0.05) is 4.47 Å². The summed E-state index contributed by atoms with van der Waals surface area (Å²) in [5, 5.41) is 2.80. The third-order valence-electron chi connectivity index (χ3n) is 2.19. The second-order valence-electron chi connectivity index (χ2n) is 3.56. The van der Waals surface area contributed by atoms with Gasteiger partial charge >= 0.3 is 0 Å². The summed E-state index contributed by atoms with van der Waals surface area (Å²) in [6.45, 7) is 5.83. The zero-order valence-corrected chi connectivity index (χ0v) is 11.4. The number of ether oxygens (including phenoxy) is 1. The van der Waals surface area contributed by atoms with Gasteiger partial charge in [0.15, 0.2) is 0 Å². The van der Waals surface area contributed by atoms with Gasteiger partial charge in [0.25, 0.3) is 5.91 Å². The zero-order chi connectivity index (χ0) is 12.7. The van der Waals surface area contributed by atoms with Crippen LogP contribution in [0.5, 0.6) is 0 Å². The molecule has 0 heterocycles. The Morgan fingerprint density at radius 2 is 2.29 bits per heavy atom. The van der Waals surface area contributed by atoms with Crippen LogP contribution in [0.15, 0.2) is 41.4 Å². The van der Waals surface area contributed by atoms with Crippen molar-refractivity contribution in [3.63, 3.8) is 0 Å². The highest BCUT2D eigenvalue weighted by Crippen LogP contribution is 2.21. The monoisotopic (exact) mass is 297 g/mol. The van der Waals surface area contributed by atoms with Crippen LogP contribution in [0.1, 0.15) is 13.3 Å². The molecule has 0 radical (unpaired) electrons. The molecular formula is C13H16BrNO2. The van der Waals surface area contributed by atoms with Crippen LogP contribution in [0, 0.1) is 0 Å². The van der Waals surface area contributed by atoms with Crippen LogP contribution in [-0.2, 0) is 9.53 Å². The van der Waals surface area contributed by atoms with Crippen LogP contribution in [-0.4, -0.2) is 18.6 Å². The predicted octanol–water partition coefficient (Wildman–Crippen LogP) is 3.37. The molecule has 0 aliphatic carbocycles. The maximum absolute atomic E-state index is 11.8. The van der Waals surface area contributed by atoms with Crippen molar-refractivity contribution in [1.29, 1.82) is 0 Å². The highest BCUT2D eigenvalue weighted by Gasteiger charge is 2.13. The van der Waals surface area contributed by atoms with Gasteiger partial charge in [0.2, 0.25) is 0 Å². The number of nitrogens with one attached hydrogen (secondary N) is 1. The molecule has 0 aromatic heterocycles. The quantitative estimate of drug-likeness (QED) is 0.646. The molecule has 17 heavy (non-hydrogen) atoms. The van der Waals surface area contributed by atoms with Gasteiger partial charge in [-0.3, -0.25) is 4.79 Å². The Morgan fingerprint density at radius 1 is 1.59 bits per heavy atom. The molecule has 0 saturated heterocycles. The summed E-state index contributed by atoms with van der Waals surface area (Å²) >= 11 is 3.37. The lowest BCUT2D eigenvalue weighted by Gasteiger charge is -2.13. The van der Waals surface area contributed by atoms with Gasteiger partial charge in [-0.15, -0.1) is 6.58 Å². The predicted molar refractivity (Wildman–Crippen MR) is 73.0 cm³/mol. The molecule has 1 aromatic carbocycles. The first-order valence-electron chi connectivity index (χ1n) is 5.43. The van der Waals surface area contributed by atoms with Gasteiger partial charge in [-0.05, 0) is 41.4 Å². The van der Waals surface area contributed by atoms with Crippen molar-refractivity contribution >= 4 is 27.5 Å². The van der Waals surface area contributed by atoms with Crippen LogP contribution in [0.25, 0.3) is 0 Å². The third kappa shape index (κ3) is 4.71. The van der Waals surface area contributed by atoms with Gasteiger partial charge in [0.1, 0.15) is 6.10 Å². The minimum Gasteiger partial charge on any atom is -0.368 e. The largest absolute Gasteiger partial charge is 0.368 e. The molecular weight excluding hydrogens is 282 g/mol. The number of hydrogen-bond acceptors (Lipinski definition) is 2. The third-order valence-corrected chi connectivity index (χ3v) is 2.88. The SMILES string of the molecule is C=CCCOC(C)C(=O)Nc1ccccc1Br. The molecule has 1 atom stereocenters. The number of anilines is 1. The molecule has 0 fully saturated rings. The second kappa shape index (κ2) is 7.25. The maximum Gasteiger partial charge on any atom is 0.253 e. The summed E-state index contributed by atoms with van der Waals surface area (Å²) in [7, 11) is 0. The van der Waals surface area contributed by atoms with Gasteiger partial charge in [-0.2, -0.15) is 0 Å². The zero-order valence-electron chi connectivity index (χ0n) is 9.78. The van der Waals surface area contributed by atoms with Crippen molar-refractivity contribution in [2.45, 2.75) is 19.4 Å². The molecule has 3 nitrogen and oxygen atoms in total. The smallest absolute Gasteiger partial charge is 0.253 e. The fourth-order valence-electron chi connectivity index (χ4n) is 1.20. The van der Waals surface area contributed by atoms with E-state index in [4.69, 9.17) is 4.74 Å². The first-order chi connectivity index (χ1) is 8.15. The molecule has 1 rings (SSSR count). The summed E-state index contributed by atoms with van der Waals surface area (Å²) in [4.78, 5) is 11.8. The van der Waals surface area contributed by atoms with Gasteiger partial charge < -0.3 is 10.1 Å². The van der Waals surface area contributed by atoms with Crippen molar-refractivity contribution in [2.24, 2.45) is 0 Å². The van der Waals surface area contributed by atoms with Crippen molar-refractivity contribution in [2.75, 3.05) is 11.9 Å². The van der Waals surface area contributed by atoms with E-state index in [0.29, 0.717) is 6.61 Å². The van der Waals surface area contributed by atoms with E-state index in [2.05, 4.69) is 27.8 Å². The number of amides is 1. The highest BCUT2D eigenvalue weighted by molar-refractivity contribution is 9.10. The number of carbonyl (C=O) groups is 1. The molecule has 0 aliphatic rings. The number of carbonyl (C=O) groups excluding carboxylic acids is 1. The van der Waals surface area contributed by atoms with E-state index in [0.717, 1.165) is 16.6 Å². The first-order valence-corrected chi connectivity index (χ1v) is 6.22. The number of rotatable bonds is 6. The number of halogens is 1. The van der Waals surface area contributed by atoms with E-state index in [-0.39, 0.29) is 5.91 Å². The fraction of sp³-hybridized carbons (Fsp3) is 0.308. The minimum absolute atomic E-state index is 0.152. The molecule has 1 unspecified atom stereocenters. The Bertz CT molecular complexity index is 393. The van der Waals surface area contributed by atoms with Crippen LogP contribution in [0.3, 0.4) is 0 Å². The molecule has 1 aromatic rings. The maximum atomic E-state index is 11.8. The normalized spacial score (nSPS) is 11.9. The van der Waals surface area contributed by atoms with E-state index < -0.39 is 6.10 Å². The summed E-state index contributed by atoms with van der Waals surface area (Å²) in [5.74, 6) is -0.152. The Hall–Kier alpha value is -1.13. The van der Waals surface area contributed by atoms with E-state index in [1.807, 2.05) is 24.3 Å². The van der Waals surface area contributed by atoms with Gasteiger partial charge in [0.05, 0.1) is 12.3 Å². The average Bonchev–Trinajstić information content (AvgIpc) is 2.32. The molecule has 92 valence electrons. The number of benzene rings is 1. The Labute approximate surface area is 110 Å². The van der Waals surface area contributed by atoms with Gasteiger partial charge in [-0.25, -0.2) is 0 Å². The average molecular weight is 298 g/mol. The number of para-hydroxylation sites is 1. The van der Waals surface area contributed by atoms with Crippen LogP contribution < -0.4 is 5.32 Å². The Balaban J connectivity index is 2.48. The molecule has 0 spiro atoms. The Kier molecular flexibility index (Phi) is 5.94. The second-order valence-corrected chi connectivity index (χ2v) is 4.41. The molecule has 0 aliphatic heterocycles. The topological polar surface area (TPSA) is 38.3 Å². The lowest BCUT2D eigenvalue weighted by atomic mass is 10.3. The summed E-state index contributed by atoms with van der Waals surface area (Å²) in [5.41, 5.74) is 0.747. The lowest BCUT2D eigenvalue weighted by molar-refractivity contribution is -0.126. The van der Waals surface area contributed by atoms with Gasteiger partial charge in [-0.1, -0.05) is 18.2 Å². The van der Waals surface area contributed by atoms with E-state index >= 15 is 0 Å². The molecule has 4 heteroatoms. The molecule has 1 N–H and O–H groups in total. The van der Waals surface area contributed by atoms with Crippen molar-refractivity contribution in [1.82, 2.24) is 0 Å². The highest BCUT2D eigenvalue weighted by atomic mass is 79.9. The molecule has 1 amide bonds. The van der Waals surface area contributed by atoms with Crippen molar-refractivity contribution < 1.29 is 9.53 Å². The number of hydrogen-bond donors (Lipinski definition) is 1. The van der Waals surface area contributed by atoms with Crippen LogP contribution >= 0.6 is 15.9 Å². The first kappa shape index (κ1) is 13.9. The fourth-order valence-corrected chi connectivity index (χ4v) is 1.58. The molecule has 0 saturated carbocycles. The minimum atomic E-state index is -0.470. The molecule has 0 bridgehead atoms. The summed E-state index contributed by atoms with van der Waals surface area (Å²) in [6, 6.07) is 7.46. The summed E-state index contributed by atoms with van der Waals surface area (Å²) < 4.78 is 6.21. The van der Waals surface area contributed by atoms with Crippen LogP contribution in [0.2, 0.25) is 0 Å². The standard InChI is InChI=1S/C13H16BrNO2/c1-3-4-9-17-10(2)13(16)15-12-8-6-5-7-11(12)14/h3,5-8,10H,1,4,9H2,2H3,(H,15,16). The van der Waals surface area contributed by atoms with Crippen molar-refractivity contribution in [3.05, 3.63) is 41.4 Å². The van der Waals surface area contributed by atoms with Crippen LogP contribution in [0.4, 0.5) is 5.69 Å². The summed E-state index contributed by atoms with van der Waals surface area (Å²) in [6.07, 6.45) is 2.03. The van der Waals surface area contributed by atoms with E-state index in [1.165, 1.54) is 0 Å². The van der Waals surface area contributed by atoms with E-state index in [9.17, 15) is 4.79 Å². The van der Waals surface area contributed by atoms with Crippen molar-refractivity contribution in [3.8, 4) is 0 Å². The lowest BCUT2D eigenvalue weighted by Crippen LogP contribution is -2.28. The van der Waals surface area contributed by atoms with E-state index in [1.54, 1.807) is 13.0 Å². The Morgan fingerprint density at radius 3 is 2.94 bits per heavy atom.